The van der Waals surface area contributed by atoms with Gasteiger partial charge in [0.15, 0.2) is 0 Å². The highest BCUT2D eigenvalue weighted by Crippen LogP contribution is 2.18. The molecule has 1 N–H and O–H groups in total. The summed E-state index contributed by atoms with van der Waals surface area (Å²) in [6, 6.07) is 9.96. The van der Waals surface area contributed by atoms with Crippen molar-refractivity contribution in [3.8, 4) is 0 Å². The van der Waals surface area contributed by atoms with E-state index in [1.807, 2.05) is 6.07 Å². The summed E-state index contributed by atoms with van der Waals surface area (Å²) in [5.74, 6) is -1.34. The molecule has 0 radical (unpaired) electrons. The average Bonchev–Trinajstić information content (AvgIpc) is 2.54. The number of ether oxygens (including phenoxy) is 1. The lowest BCUT2D eigenvalue weighted by Crippen LogP contribution is -2.19. The predicted octanol–water partition coefficient (Wildman–Crippen LogP) is 3.60. The Morgan fingerprint density at radius 2 is 2.00 bits per heavy atom. The van der Waals surface area contributed by atoms with Gasteiger partial charge in [-0.15, -0.1) is 0 Å². The van der Waals surface area contributed by atoms with Crippen LogP contribution in [0.4, 0.5) is 8.78 Å². The minimum atomic E-state index is -0.474. The second-order valence-electron chi connectivity index (χ2n) is 4.96. The third kappa shape index (κ3) is 3.89. The normalized spacial score (nSPS) is 12.0. The van der Waals surface area contributed by atoms with E-state index in [-0.39, 0.29) is 11.6 Å². The largest absolute Gasteiger partial charge is 0.465 e. The highest BCUT2D eigenvalue weighted by Gasteiger charge is 2.12. The standard InChI is InChI=1S/C17H17F2NO2/c1-11(15-9-14(18)6-7-16(15)19)20-10-12-4-3-5-13(8-12)17(21)22-2/h3-9,11,20H,10H2,1-2H3/t11-/m1/s1. The van der Waals surface area contributed by atoms with Crippen molar-refractivity contribution in [1.82, 2.24) is 5.32 Å². The zero-order valence-corrected chi connectivity index (χ0v) is 12.4. The molecular weight excluding hydrogens is 288 g/mol. The van der Waals surface area contributed by atoms with Crippen molar-refractivity contribution < 1.29 is 18.3 Å². The Morgan fingerprint density at radius 1 is 1.23 bits per heavy atom. The maximum absolute atomic E-state index is 13.7. The lowest BCUT2D eigenvalue weighted by Gasteiger charge is -2.15. The molecule has 0 heterocycles. The Hall–Kier alpha value is -2.27. The topological polar surface area (TPSA) is 38.3 Å². The van der Waals surface area contributed by atoms with Gasteiger partial charge in [0, 0.05) is 18.2 Å². The molecule has 0 fully saturated rings. The summed E-state index contributed by atoms with van der Waals surface area (Å²) in [7, 11) is 1.32. The van der Waals surface area contributed by atoms with E-state index in [9.17, 15) is 13.6 Å². The van der Waals surface area contributed by atoms with Crippen molar-refractivity contribution in [1.29, 1.82) is 0 Å². The summed E-state index contributed by atoms with van der Waals surface area (Å²) in [4.78, 5) is 11.5. The molecule has 0 aliphatic carbocycles. The first kappa shape index (κ1) is 16.1. The van der Waals surface area contributed by atoms with Crippen LogP contribution in [0.1, 0.15) is 34.5 Å². The lowest BCUT2D eigenvalue weighted by molar-refractivity contribution is 0.0600. The Labute approximate surface area is 127 Å². The van der Waals surface area contributed by atoms with Gasteiger partial charge < -0.3 is 10.1 Å². The van der Waals surface area contributed by atoms with Crippen molar-refractivity contribution in [3.63, 3.8) is 0 Å². The van der Waals surface area contributed by atoms with Gasteiger partial charge in [-0.25, -0.2) is 13.6 Å². The van der Waals surface area contributed by atoms with E-state index in [0.29, 0.717) is 12.1 Å². The molecule has 0 unspecified atom stereocenters. The summed E-state index contributed by atoms with van der Waals surface area (Å²) >= 11 is 0. The molecule has 0 aliphatic heterocycles. The van der Waals surface area contributed by atoms with Gasteiger partial charge in [-0.1, -0.05) is 12.1 Å². The maximum atomic E-state index is 13.7. The number of esters is 1. The SMILES string of the molecule is COC(=O)c1cccc(CN[C@H](C)c2cc(F)ccc2F)c1. The summed E-state index contributed by atoms with van der Waals surface area (Å²) in [5, 5.41) is 3.11. The number of halogens is 2. The van der Waals surface area contributed by atoms with Gasteiger partial charge in [-0.2, -0.15) is 0 Å². The molecule has 116 valence electrons. The first-order chi connectivity index (χ1) is 10.5. The second kappa shape index (κ2) is 7.13. The molecule has 0 aromatic heterocycles. The number of hydrogen-bond donors (Lipinski definition) is 1. The van der Waals surface area contributed by atoms with Gasteiger partial charge in [0.2, 0.25) is 0 Å². The fourth-order valence-corrected chi connectivity index (χ4v) is 2.15. The molecule has 0 spiro atoms. The first-order valence-electron chi connectivity index (χ1n) is 6.87. The Morgan fingerprint density at radius 3 is 2.73 bits per heavy atom. The van der Waals surface area contributed by atoms with Gasteiger partial charge in [-0.05, 0) is 42.8 Å². The lowest BCUT2D eigenvalue weighted by atomic mass is 10.1. The number of rotatable bonds is 5. The van der Waals surface area contributed by atoms with E-state index < -0.39 is 17.6 Å². The molecule has 5 heteroatoms. The molecule has 0 bridgehead atoms. The van der Waals surface area contributed by atoms with Crippen LogP contribution in [0.25, 0.3) is 0 Å². The van der Waals surface area contributed by atoms with Crippen molar-refractivity contribution in [2.45, 2.75) is 19.5 Å². The van der Waals surface area contributed by atoms with Crippen LogP contribution in [0.2, 0.25) is 0 Å². The number of nitrogens with one attached hydrogen (secondary N) is 1. The molecule has 0 aliphatic rings. The highest BCUT2D eigenvalue weighted by atomic mass is 19.1. The van der Waals surface area contributed by atoms with Gasteiger partial charge >= 0.3 is 5.97 Å². The molecule has 0 saturated heterocycles. The van der Waals surface area contributed by atoms with Crippen molar-refractivity contribution in [2.24, 2.45) is 0 Å². The number of carbonyl (C=O) groups is 1. The van der Waals surface area contributed by atoms with E-state index in [0.717, 1.165) is 17.7 Å². The van der Waals surface area contributed by atoms with Crippen molar-refractivity contribution in [2.75, 3.05) is 7.11 Å². The maximum Gasteiger partial charge on any atom is 0.337 e. The minimum absolute atomic E-state index is 0.268. The van der Waals surface area contributed by atoms with Crippen LogP contribution in [0, 0.1) is 11.6 Å². The molecular formula is C17H17F2NO2. The van der Waals surface area contributed by atoms with E-state index in [4.69, 9.17) is 0 Å². The molecule has 2 aromatic carbocycles. The fourth-order valence-electron chi connectivity index (χ4n) is 2.15. The molecule has 0 amide bonds. The Bertz CT molecular complexity index is 673. The van der Waals surface area contributed by atoms with Crippen molar-refractivity contribution in [3.05, 3.63) is 70.8 Å². The fraction of sp³-hybridized carbons (Fsp3) is 0.235. The monoisotopic (exact) mass is 305 g/mol. The molecule has 1 atom stereocenters. The van der Waals surface area contributed by atoms with Gasteiger partial charge in [-0.3, -0.25) is 0 Å². The quantitative estimate of drug-likeness (QED) is 0.858. The number of hydrogen-bond acceptors (Lipinski definition) is 3. The van der Waals surface area contributed by atoms with Crippen LogP contribution in [-0.2, 0) is 11.3 Å². The Kier molecular flexibility index (Phi) is 5.22. The highest BCUT2D eigenvalue weighted by molar-refractivity contribution is 5.89. The van der Waals surface area contributed by atoms with Crippen LogP contribution in [0.15, 0.2) is 42.5 Å². The predicted molar refractivity (Wildman–Crippen MR) is 79.4 cm³/mol. The Balaban J connectivity index is 2.06. The molecule has 3 nitrogen and oxygen atoms in total. The average molecular weight is 305 g/mol. The summed E-state index contributed by atoms with van der Waals surface area (Å²) in [5.41, 5.74) is 1.57. The van der Waals surface area contributed by atoms with E-state index in [1.54, 1.807) is 25.1 Å². The van der Waals surface area contributed by atoms with E-state index >= 15 is 0 Å². The van der Waals surface area contributed by atoms with Crippen molar-refractivity contribution >= 4 is 5.97 Å². The van der Waals surface area contributed by atoms with Gasteiger partial charge in [0.25, 0.3) is 0 Å². The van der Waals surface area contributed by atoms with Crippen LogP contribution < -0.4 is 5.32 Å². The first-order valence-corrected chi connectivity index (χ1v) is 6.87. The molecule has 2 rings (SSSR count). The number of benzene rings is 2. The summed E-state index contributed by atoms with van der Waals surface area (Å²) in [6.45, 7) is 2.17. The third-order valence-corrected chi connectivity index (χ3v) is 3.39. The van der Waals surface area contributed by atoms with E-state index in [1.165, 1.54) is 13.2 Å². The molecule has 0 saturated carbocycles. The number of methoxy groups -OCH3 is 1. The zero-order chi connectivity index (χ0) is 16.1. The molecule has 22 heavy (non-hydrogen) atoms. The summed E-state index contributed by atoms with van der Waals surface area (Å²) in [6.07, 6.45) is 0. The zero-order valence-electron chi connectivity index (χ0n) is 12.4. The third-order valence-electron chi connectivity index (χ3n) is 3.39. The second-order valence-corrected chi connectivity index (χ2v) is 4.96. The van der Waals surface area contributed by atoms with Crippen LogP contribution in [0.5, 0.6) is 0 Å². The number of carbonyl (C=O) groups excluding carboxylic acids is 1. The van der Waals surface area contributed by atoms with E-state index in [2.05, 4.69) is 10.1 Å². The van der Waals surface area contributed by atoms with Gasteiger partial charge in [0.1, 0.15) is 11.6 Å². The summed E-state index contributed by atoms with van der Waals surface area (Å²) < 4.78 is 31.6. The van der Waals surface area contributed by atoms with Crippen LogP contribution >= 0.6 is 0 Å². The molecule has 2 aromatic rings. The van der Waals surface area contributed by atoms with Gasteiger partial charge in [0.05, 0.1) is 12.7 Å². The van der Waals surface area contributed by atoms with Crippen LogP contribution in [-0.4, -0.2) is 13.1 Å². The smallest absolute Gasteiger partial charge is 0.337 e. The van der Waals surface area contributed by atoms with Crippen LogP contribution in [0.3, 0.4) is 0 Å². The minimum Gasteiger partial charge on any atom is -0.465 e.